The van der Waals surface area contributed by atoms with Gasteiger partial charge in [0.25, 0.3) is 0 Å². The number of Topliss-reactive ketones (excluding diaryl/α,β-unsaturated/α-hetero) is 1. The molecule has 0 unspecified atom stereocenters. The summed E-state index contributed by atoms with van der Waals surface area (Å²) < 4.78 is 0. The first-order valence-corrected chi connectivity index (χ1v) is 6.84. The summed E-state index contributed by atoms with van der Waals surface area (Å²) in [6, 6.07) is 0. The van der Waals surface area contributed by atoms with Crippen LogP contribution in [0.1, 0.15) is 32.1 Å². The van der Waals surface area contributed by atoms with E-state index in [0.717, 1.165) is 25.9 Å². The highest BCUT2D eigenvalue weighted by atomic mass is 16.1. The lowest BCUT2D eigenvalue weighted by molar-refractivity contribution is -0.128. The first-order valence-electron chi connectivity index (χ1n) is 6.84. The third kappa shape index (κ3) is 5.17. The number of nitrogens with zero attached hydrogens (tertiary/aromatic N) is 2. The third-order valence-electron chi connectivity index (χ3n) is 3.58. The average molecular weight is 240 g/mol. The molecule has 100 valence electrons. The summed E-state index contributed by atoms with van der Waals surface area (Å²) in [5.74, 6) is 1.03. The maximum absolute atomic E-state index is 12.5. The van der Waals surface area contributed by atoms with Crippen LogP contribution in [0.2, 0.25) is 0 Å². The molecule has 17 heavy (non-hydrogen) atoms. The Morgan fingerprint density at radius 3 is 1.88 bits per heavy atom. The maximum atomic E-state index is 12.5. The first kappa shape index (κ1) is 14.7. The summed E-state index contributed by atoms with van der Waals surface area (Å²) >= 11 is 0. The molecule has 0 saturated heterocycles. The van der Waals surface area contributed by atoms with E-state index in [1.807, 2.05) is 0 Å². The zero-order chi connectivity index (χ0) is 12.8. The molecular weight excluding hydrogens is 212 g/mol. The molecule has 1 saturated carbocycles. The molecule has 0 atom stereocenters. The Bertz CT molecular complexity index is 222. The fourth-order valence-electron chi connectivity index (χ4n) is 2.84. The van der Waals surface area contributed by atoms with Crippen molar-refractivity contribution in [2.75, 3.05) is 41.3 Å². The highest BCUT2D eigenvalue weighted by Crippen LogP contribution is 2.27. The normalized spacial score (nSPS) is 18.3. The van der Waals surface area contributed by atoms with E-state index < -0.39 is 0 Å². The zero-order valence-corrected chi connectivity index (χ0v) is 11.9. The minimum atomic E-state index is 0.183. The summed E-state index contributed by atoms with van der Waals surface area (Å²) in [6.45, 7) is 1.76. The van der Waals surface area contributed by atoms with Gasteiger partial charge in [0.15, 0.2) is 0 Å². The summed E-state index contributed by atoms with van der Waals surface area (Å²) in [4.78, 5) is 16.8. The van der Waals surface area contributed by atoms with Gasteiger partial charge in [-0.3, -0.25) is 4.79 Å². The van der Waals surface area contributed by atoms with Crippen molar-refractivity contribution in [3.63, 3.8) is 0 Å². The van der Waals surface area contributed by atoms with Gasteiger partial charge in [-0.15, -0.1) is 0 Å². The Labute approximate surface area is 106 Å². The van der Waals surface area contributed by atoms with Gasteiger partial charge in [0.2, 0.25) is 0 Å². The lowest BCUT2D eigenvalue weighted by Crippen LogP contribution is -2.39. The third-order valence-corrected chi connectivity index (χ3v) is 3.58. The van der Waals surface area contributed by atoms with Gasteiger partial charge in [-0.05, 0) is 41.0 Å². The molecule has 0 radical (unpaired) electrons. The van der Waals surface area contributed by atoms with Crippen molar-refractivity contribution in [1.82, 2.24) is 9.80 Å². The van der Waals surface area contributed by atoms with Gasteiger partial charge < -0.3 is 9.80 Å². The Kier molecular flexibility index (Phi) is 6.14. The monoisotopic (exact) mass is 240 g/mol. The lowest BCUT2D eigenvalue weighted by Gasteiger charge is -2.28. The lowest BCUT2D eigenvalue weighted by atomic mass is 9.81. The van der Waals surface area contributed by atoms with Crippen LogP contribution in [-0.4, -0.2) is 56.9 Å². The molecule has 0 bridgehead atoms. The van der Waals surface area contributed by atoms with Gasteiger partial charge in [-0.1, -0.05) is 19.3 Å². The van der Waals surface area contributed by atoms with Gasteiger partial charge >= 0.3 is 0 Å². The van der Waals surface area contributed by atoms with Gasteiger partial charge in [-0.25, -0.2) is 0 Å². The summed E-state index contributed by atoms with van der Waals surface area (Å²) in [7, 11) is 8.21. The molecule has 0 aliphatic heterocycles. The van der Waals surface area contributed by atoms with Crippen molar-refractivity contribution in [2.24, 2.45) is 11.8 Å². The summed E-state index contributed by atoms with van der Waals surface area (Å²) in [5, 5.41) is 0. The summed E-state index contributed by atoms with van der Waals surface area (Å²) in [5.41, 5.74) is 0. The Balaban J connectivity index is 2.56. The van der Waals surface area contributed by atoms with E-state index in [0.29, 0.717) is 11.7 Å². The number of hydrogen-bond acceptors (Lipinski definition) is 3. The molecule has 0 amide bonds. The second-order valence-corrected chi connectivity index (χ2v) is 5.96. The Hall–Kier alpha value is -0.410. The molecule has 1 aliphatic carbocycles. The van der Waals surface area contributed by atoms with E-state index >= 15 is 0 Å². The van der Waals surface area contributed by atoms with Crippen LogP contribution < -0.4 is 0 Å². The summed E-state index contributed by atoms with van der Waals surface area (Å²) in [6.07, 6.45) is 6.04. The van der Waals surface area contributed by atoms with Crippen LogP contribution in [0.3, 0.4) is 0 Å². The van der Waals surface area contributed by atoms with Crippen molar-refractivity contribution in [3.8, 4) is 0 Å². The standard InChI is InChI=1S/C14H28N2O/c1-15(2)10-13(11-16(3)4)14(17)12-8-6-5-7-9-12/h12-13H,5-11H2,1-4H3. The predicted molar refractivity (Wildman–Crippen MR) is 72.2 cm³/mol. The van der Waals surface area contributed by atoms with Crippen molar-refractivity contribution < 1.29 is 4.79 Å². The molecular formula is C14H28N2O. The molecule has 0 N–H and O–H groups in total. The molecule has 0 aromatic rings. The van der Waals surface area contributed by atoms with E-state index in [4.69, 9.17) is 0 Å². The highest BCUT2D eigenvalue weighted by Gasteiger charge is 2.28. The van der Waals surface area contributed by atoms with Crippen LogP contribution in [-0.2, 0) is 4.79 Å². The molecule has 3 nitrogen and oxygen atoms in total. The van der Waals surface area contributed by atoms with Gasteiger partial charge in [0.05, 0.1) is 0 Å². The smallest absolute Gasteiger partial charge is 0.141 e. The Morgan fingerprint density at radius 2 is 1.47 bits per heavy atom. The molecule has 1 rings (SSSR count). The largest absolute Gasteiger partial charge is 0.309 e. The molecule has 1 fully saturated rings. The van der Waals surface area contributed by atoms with E-state index in [9.17, 15) is 4.79 Å². The topological polar surface area (TPSA) is 23.6 Å². The van der Waals surface area contributed by atoms with Crippen molar-refractivity contribution in [1.29, 1.82) is 0 Å². The van der Waals surface area contributed by atoms with Crippen LogP contribution in [0.5, 0.6) is 0 Å². The van der Waals surface area contributed by atoms with Crippen LogP contribution in [0.4, 0.5) is 0 Å². The number of rotatable bonds is 6. The van der Waals surface area contributed by atoms with Crippen LogP contribution in [0, 0.1) is 11.8 Å². The van der Waals surface area contributed by atoms with Gasteiger partial charge in [0, 0.05) is 24.9 Å². The number of carbonyl (C=O) groups excluding carboxylic acids is 1. The maximum Gasteiger partial charge on any atom is 0.141 e. The second kappa shape index (κ2) is 7.12. The second-order valence-electron chi connectivity index (χ2n) is 5.96. The van der Waals surface area contributed by atoms with E-state index in [1.165, 1.54) is 19.3 Å². The van der Waals surface area contributed by atoms with Crippen LogP contribution in [0.25, 0.3) is 0 Å². The molecule has 0 aromatic heterocycles. The van der Waals surface area contributed by atoms with Crippen molar-refractivity contribution in [3.05, 3.63) is 0 Å². The predicted octanol–water partition coefficient (Wildman–Crippen LogP) is 1.88. The fraction of sp³-hybridized carbons (Fsp3) is 0.929. The molecule has 0 heterocycles. The molecule has 3 heteroatoms. The average Bonchev–Trinajstić information content (AvgIpc) is 2.27. The molecule has 0 spiro atoms. The van der Waals surface area contributed by atoms with E-state index in [-0.39, 0.29) is 5.92 Å². The van der Waals surface area contributed by atoms with E-state index in [2.05, 4.69) is 38.0 Å². The SMILES string of the molecule is CN(C)CC(CN(C)C)C(=O)C1CCCCC1. The number of carbonyl (C=O) groups is 1. The van der Waals surface area contributed by atoms with Gasteiger partial charge in [0.1, 0.15) is 5.78 Å². The quantitative estimate of drug-likeness (QED) is 0.708. The van der Waals surface area contributed by atoms with Gasteiger partial charge in [-0.2, -0.15) is 0 Å². The number of hydrogen-bond donors (Lipinski definition) is 0. The molecule has 0 aromatic carbocycles. The highest BCUT2D eigenvalue weighted by molar-refractivity contribution is 5.84. The molecule has 1 aliphatic rings. The zero-order valence-electron chi connectivity index (χ0n) is 11.9. The van der Waals surface area contributed by atoms with Crippen molar-refractivity contribution >= 4 is 5.78 Å². The Morgan fingerprint density at radius 1 is 1.00 bits per heavy atom. The minimum absolute atomic E-state index is 0.183. The van der Waals surface area contributed by atoms with Crippen LogP contribution >= 0.6 is 0 Å². The fourth-order valence-corrected chi connectivity index (χ4v) is 2.84. The number of ketones is 1. The van der Waals surface area contributed by atoms with Crippen molar-refractivity contribution in [2.45, 2.75) is 32.1 Å². The van der Waals surface area contributed by atoms with E-state index in [1.54, 1.807) is 0 Å². The first-order chi connectivity index (χ1) is 8.00. The van der Waals surface area contributed by atoms with Crippen LogP contribution in [0.15, 0.2) is 0 Å². The minimum Gasteiger partial charge on any atom is -0.309 e.